The number of alkyl halides is 3. The fraction of sp³-hybridized carbons (Fsp3) is 0.417. The quantitative estimate of drug-likeness (QED) is 0.786. The average Bonchev–Trinajstić information content (AvgIpc) is 2.33. The van der Waals surface area contributed by atoms with E-state index in [1.807, 2.05) is 0 Å². The van der Waals surface area contributed by atoms with Crippen molar-refractivity contribution < 1.29 is 32.5 Å². The van der Waals surface area contributed by atoms with Gasteiger partial charge < -0.3 is 14.6 Å². The number of carbonyl (C=O) groups is 1. The lowest BCUT2D eigenvalue weighted by Gasteiger charge is -2.13. The molecule has 1 aromatic carbocycles. The molecule has 0 amide bonds. The molecule has 112 valence electrons. The van der Waals surface area contributed by atoms with Crippen LogP contribution in [0.5, 0.6) is 11.5 Å². The predicted octanol–water partition coefficient (Wildman–Crippen LogP) is 3.88. The predicted molar refractivity (Wildman–Crippen MR) is 68.4 cm³/mol. The number of halogens is 4. The van der Waals surface area contributed by atoms with E-state index in [0.29, 0.717) is 4.47 Å². The molecule has 20 heavy (non-hydrogen) atoms. The van der Waals surface area contributed by atoms with E-state index in [-0.39, 0.29) is 30.1 Å². The lowest BCUT2D eigenvalue weighted by molar-refractivity contribution is -0.136. The summed E-state index contributed by atoms with van der Waals surface area (Å²) in [6.07, 6.45) is -5.36. The third kappa shape index (κ3) is 4.92. The van der Waals surface area contributed by atoms with Gasteiger partial charge in [-0.25, -0.2) is 4.79 Å². The van der Waals surface area contributed by atoms with Crippen LogP contribution in [0.1, 0.15) is 23.2 Å². The van der Waals surface area contributed by atoms with E-state index >= 15 is 0 Å². The molecule has 0 spiro atoms. The summed E-state index contributed by atoms with van der Waals surface area (Å²) in [4.78, 5) is 10.9. The number of benzene rings is 1. The molecule has 4 nitrogen and oxygen atoms in total. The van der Waals surface area contributed by atoms with Crippen LogP contribution < -0.4 is 9.47 Å². The molecule has 8 heteroatoms. The summed E-state index contributed by atoms with van der Waals surface area (Å²) in [5.74, 6) is -0.823. The third-order valence-electron chi connectivity index (χ3n) is 2.33. The van der Waals surface area contributed by atoms with Crippen molar-refractivity contribution in [1.82, 2.24) is 0 Å². The minimum Gasteiger partial charge on any atom is -0.493 e. The molecule has 0 aromatic heterocycles. The number of aromatic carboxylic acids is 1. The molecule has 0 aliphatic heterocycles. The van der Waals surface area contributed by atoms with Crippen LogP contribution in [0, 0.1) is 0 Å². The van der Waals surface area contributed by atoms with E-state index in [9.17, 15) is 18.0 Å². The number of rotatable bonds is 6. The Morgan fingerprint density at radius 2 is 2.05 bits per heavy atom. The number of carboxylic acid groups (broad SMARTS) is 1. The van der Waals surface area contributed by atoms with Gasteiger partial charge >= 0.3 is 12.1 Å². The topological polar surface area (TPSA) is 55.8 Å². The van der Waals surface area contributed by atoms with Crippen LogP contribution in [0.3, 0.4) is 0 Å². The van der Waals surface area contributed by atoms with E-state index in [1.54, 1.807) is 0 Å². The van der Waals surface area contributed by atoms with Crippen molar-refractivity contribution in [3.05, 3.63) is 22.2 Å². The van der Waals surface area contributed by atoms with Crippen LogP contribution in [-0.2, 0) is 0 Å². The SMILES string of the molecule is COc1cc(C(=O)O)cc(Br)c1OCCCC(F)(F)F. The van der Waals surface area contributed by atoms with Crippen molar-refractivity contribution in [2.45, 2.75) is 19.0 Å². The molecular formula is C12H12BrF3O4. The van der Waals surface area contributed by atoms with E-state index in [0.717, 1.165) is 0 Å². The second-order valence-electron chi connectivity index (χ2n) is 3.86. The number of hydrogen-bond acceptors (Lipinski definition) is 3. The summed E-state index contributed by atoms with van der Waals surface area (Å²) >= 11 is 3.11. The van der Waals surface area contributed by atoms with Gasteiger partial charge in [0.1, 0.15) is 0 Å². The van der Waals surface area contributed by atoms with Crippen molar-refractivity contribution in [3.8, 4) is 11.5 Å². The number of ether oxygens (including phenoxy) is 2. The maximum Gasteiger partial charge on any atom is 0.389 e. The van der Waals surface area contributed by atoms with Gasteiger partial charge in [-0.1, -0.05) is 0 Å². The van der Waals surface area contributed by atoms with Gasteiger partial charge in [0.25, 0.3) is 0 Å². The standard InChI is InChI=1S/C12H12BrF3O4/c1-19-9-6-7(11(17)18)5-8(13)10(9)20-4-2-3-12(14,15)16/h5-6H,2-4H2,1H3,(H,17,18). The maximum absolute atomic E-state index is 12.0. The smallest absolute Gasteiger partial charge is 0.389 e. The fourth-order valence-electron chi connectivity index (χ4n) is 1.43. The summed E-state index contributed by atoms with van der Waals surface area (Å²) in [5, 5.41) is 8.88. The number of carboxylic acids is 1. The molecule has 1 rings (SSSR count). The molecule has 1 aromatic rings. The molecule has 0 fully saturated rings. The highest BCUT2D eigenvalue weighted by Crippen LogP contribution is 2.37. The van der Waals surface area contributed by atoms with Crippen LogP contribution in [0.2, 0.25) is 0 Å². The van der Waals surface area contributed by atoms with Gasteiger partial charge in [-0.15, -0.1) is 0 Å². The molecule has 0 atom stereocenters. The molecule has 0 radical (unpaired) electrons. The zero-order valence-electron chi connectivity index (χ0n) is 10.5. The first-order chi connectivity index (χ1) is 9.24. The van der Waals surface area contributed by atoms with Crippen LogP contribution in [0.25, 0.3) is 0 Å². The van der Waals surface area contributed by atoms with Crippen LogP contribution >= 0.6 is 15.9 Å². The lowest BCUT2D eigenvalue weighted by atomic mass is 10.2. The van der Waals surface area contributed by atoms with Crippen LogP contribution in [0.15, 0.2) is 16.6 Å². The maximum atomic E-state index is 12.0. The molecule has 0 unspecified atom stereocenters. The first-order valence-corrected chi connectivity index (χ1v) is 6.34. The van der Waals surface area contributed by atoms with Crippen molar-refractivity contribution >= 4 is 21.9 Å². The third-order valence-corrected chi connectivity index (χ3v) is 2.92. The van der Waals surface area contributed by atoms with Crippen LogP contribution in [0.4, 0.5) is 13.2 Å². The second kappa shape index (κ2) is 6.83. The summed E-state index contributed by atoms with van der Waals surface area (Å²) in [7, 11) is 1.32. The Hall–Kier alpha value is -1.44. The summed E-state index contributed by atoms with van der Waals surface area (Å²) in [5.41, 5.74) is -0.0173. The molecule has 0 bridgehead atoms. The zero-order valence-corrected chi connectivity index (χ0v) is 12.0. The van der Waals surface area contributed by atoms with E-state index in [2.05, 4.69) is 15.9 Å². The van der Waals surface area contributed by atoms with Crippen molar-refractivity contribution in [1.29, 1.82) is 0 Å². The van der Waals surface area contributed by atoms with E-state index in [1.165, 1.54) is 19.2 Å². The summed E-state index contributed by atoms with van der Waals surface area (Å²) in [6, 6.07) is 2.54. The Kier molecular flexibility index (Phi) is 5.67. The summed E-state index contributed by atoms with van der Waals surface area (Å²) in [6.45, 7) is -0.152. The van der Waals surface area contributed by atoms with Gasteiger partial charge in [-0.3, -0.25) is 0 Å². The fourth-order valence-corrected chi connectivity index (χ4v) is 1.99. The molecule has 0 aliphatic rings. The van der Waals surface area contributed by atoms with Gasteiger partial charge in [-0.05, 0) is 34.5 Å². The molecule has 0 saturated carbocycles. The minimum atomic E-state index is -4.22. The van der Waals surface area contributed by atoms with Gasteiger partial charge in [-0.2, -0.15) is 13.2 Å². The molecule has 0 heterocycles. The van der Waals surface area contributed by atoms with Gasteiger partial charge in [0.05, 0.1) is 23.8 Å². The average molecular weight is 357 g/mol. The Labute approximate surface area is 121 Å². The molecule has 1 N–H and O–H groups in total. The number of hydrogen-bond donors (Lipinski definition) is 1. The van der Waals surface area contributed by atoms with Gasteiger partial charge in [0.15, 0.2) is 11.5 Å². The second-order valence-corrected chi connectivity index (χ2v) is 4.72. The van der Waals surface area contributed by atoms with Crippen LogP contribution in [-0.4, -0.2) is 31.0 Å². The van der Waals surface area contributed by atoms with Crippen molar-refractivity contribution in [3.63, 3.8) is 0 Å². The molecule has 0 aliphatic carbocycles. The Morgan fingerprint density at radius 1 is 1.40 bits per heavy atom. The molecule has 0 saturated heterocycles. The van der Waals surface area contributed by atoms with Crippen molar-refractivity contribution in [2.24, 2.45) is 0 Å². The highest BCUT2D eigenvalue weighted by Gasteiger charge is 2.26. The summed E-state index contributed by atoms with van der Waals surface area (Å²) < 4.78 is 46.5. The molecular weight excluding hydrogens is 345 g/mol. The van der Waals surface area contributed by atoms with Gasteiger partial charge in [0.2, 0.25) is 0 Å². The van der Waals surface area contributed by atoms with E-state index < -0.39 is 18.6 Å². The largest absolute Gasteiger partial charge is 0.493 e. The Morgan fingerprint density at radius 3 is 2.55 bits per heavy atom. The van der Waals surface area contributed by atoms with Gasteiger partial charge in [0, 0.05) is 6.42 Å². The lowest BCUT2D eigenvalue weighted by Crippen LogP contribution is -2.10. The number of methoxy groups -OCH3 is 1. The van der Waals surface area contributed by atoms with Crippen molar-refractivity contribution in [2.75, 3.05) is 13.7 Å². The Bertz CT molecular complexity index is 488. The highest BCUT2D eigenvalue weighted by molar-refractivity contribution is 9.10. The van der Waals surface area contributed by atoms with E-state index in [4.69, 9.17) is 14.6 Å². The normalized spacial score (nSPS) is 11.2. The monoisotopic (exact) mass is 356 g/mol. The highest BCUT2D eigenvalue weighted by atomic mass is 79.9. The zero-order chi connectivity index (χ0) is 15.3. The minimum absolute atomic E-state index is 0.0173. The first-order valence-electron chi connectivity index (χ1n) is 5.55. The first kappa shape index (κ1) is 16.6. The Balaban J connectivity index is 2.77.